The van der Waals surface area contributed by atoms with Gasteiger partial charge in [-0.05, 0) is 35.8 Å². The molecule has 2 rings (SSSR count). The smallest absolute Gasteiger partial charge is 0.0629 e. The fourth-order valence-corrected chi connectivity index (χ4v) is 2.31. The second-order valence-corrected chi connectivity index (χ2v) is 5.58. The third-order valence-corrected chi connectivity index (χ3v) is 3.77. The lowest BCUT2D eigenvalue weighted by molar-refractivity contribution is 0.136. The molecule has 0 saturated heterocycles. The van der Waals surface area contributed by atoms with Crippen LogP contribution in [-0.4, -0.2) is 16.2 Å². The minimum atomic E-state index is -0.227. The van der Waals surface area contributed by atoms with Crippen LogP contribution in [0, 0.1) is 11.3 Å². The van der Waals surface area contributed by atoms with Crippen LogP contribution in [0.5, 0.6) is 0 Å². The lowest BCUT2D eigenvalue weighted by Crippen LogP contribution is -2.17. The number of hydrogen-bond donors (Lipinski definition) is 1. The van der Waals surface area contributed by atoms with Crippen molar-refractivity contribution in [2.75, 3.05) is 0 Å². The van der Waals surface area contributed by atoms with Crippen molar-refractivity contribution < 1.29 is 5.11 Å². The summed E-state index contributed by atoms with van der Waals surface area (Å²) in [6, 6.07) is 4.14. The van der Waals surface area contributed by atoms with Crippen molar-refractivity contribution in [3.8, 4) is 0 Å². The van der Waals surface area contributed by atoms with Crippen molar-refractivity contribution in [1.82, 2.24) is 4.98 Å². The Morgan fingerprint density at radius 3 is 2.62 bits per heavy atom. The minimum Gasteiger partial charge on any atom is -0.392 e. The molecule has 0 amide bonds. The van der Waals surface area contributed by atoms with Gasteiger partial charge in [0.05, 0.1) is 6.10 Å². The Hall–Kier alpha value is -0.890. The summed E-state index contributed by atoms with van der Waals surface area (Å²) in [5.41, 5.74) is 2.60. The molecular weight excluding hydrogens is 198 g/mol. The maximum atomic E-state index is 10.1. The zero-order chi connectivity index (χ0) is 11.8. The first kappa shape index (κ1) is 11.6. The quantitative estimate of drug-likeness (QED) is 0.844. The highest BCUT2D eigenvalue weighted by Crippen LogP contribution is 2.53. The van der Waals surface area contributed by atoms with Gasteiger partial charge in [0, 0.05) is 18.3 Å². The molecule has 2 unspecified atom stereocenters. The van der Waals surface area contributed by atoms with E-state index in [4.69, 9.17) is 0 Å². The van der Waals surface area contributed by atoms with Gasteiger partial charge in [0.1, 0.15) is 0 Å². The Kier molecular flexibility index (Phi) is 3.02. The molecule has 1 aliphatic carbocycles. The number of aliphatic hydroxyl groups is 1. The molecular formula is C14H21NO. The highest BCUT2D eigenvalue weighted by molar-refractivity contribution is 5.15. The van der Waals surface area contributed by atoms with Crippen LogP contribution < -0.4 is 0 Å². The Morgan fingerprint density at radius 1 is 1.50 bits per heavy atom. The third-order valence-electron chi connectivity index (χ3n) is 3.77. The molecule has 0 aromatic carbocycles. The average Bonchev–Trinajstić information content (AvgIpc) is 2.89. The van der Waals surface area contributed by atoms with Gasteiger partial charge in [-0.25, -0.2) is 0 Å². The number of aryl methyl sites for hydroxylation is 1. The molecule has 0 radical (unpaired) electrons. The van der Waals surface area contributed by atoms with Crippen molar-refractivity contribution in [2.45, 2.75) is 46.1 Å². The molecule has 1 fully saturated rings. The standard InChI is InChI=1S/C14H21NO/c1-4-10-5-6-11(15-9-10)7-13(16)12-8-14(12,2)3/h5-6,9,12-13,16H,4,7-8H2,1-3H3. The summed E-state index contributed by atoms with van der Waals surface area (Å²) in [6.07, 6.45) is 4.54. The van der Waals surface area contributed by atoms with Gasteiger partial charge in [0.15, 0.2) is 0 Å². The Labute approximate surface area is 97.7 Å². The monoisotopic (exact) mass is 219 g/mol. The van der Waals surface area contributed by atoms with Crippen LogP contribution in [0.4, 0.5) is 0 Å². The first-order valence-corrected chi connectivity index (χ1v) is 6.15. The van der Waals surface area contributed by atoms with Gasteiger partial charge in [0.25, 0.3) is 0 Å². The Morgan fingerprint density at radius 2 is 2.19 bits per heavy atom. The average molecular weight is 219 g/mol. The van der Waals surface area contributed by atoms with E-state index in [1.165, 1.54) is 5.56 Å². The molecule has 88 valence electrons. The molecule has 2 heteroatoms. The molecule has 0 aliphatic heterocycles. The van der Waals surface area contributed by atoms with Gasteiger partial charge < -0.3 is 5.11 Å². The van der Waals surface area contributed by atoms with Crippen LogP contribution >= 0.6 is 0 Å². The first-order chi connectivity index (χ1) is 7.53. The predicted molar refractivity (Wildman–Crippen MR) is 65.2 cm³/mol. The van der Waals surface area contributed by atoms with Crippen molar-refractivity contribution in [3.63, 3.8) is 0 Å². The summed E-state index contributed by atoms with van der Waals surface area (Å²) in [5, 5.41) is 10.1. The molecule has 0 bridgehead atoms. The highest BCUT2D eigenvalue weighted by Gasteiger charge is 2.49. The van der Waals surface area contributed by atoms with Crippen molar-refractivity contribution in [1.29, 1.82) is 0 Å². The molecule has 1 saturated carbocycles. The summed E-state index contributed by atoms with van der Waals surface area (Å²) in [5.74, 6) is 0.458. The fourth-order valence-electron chi connectivity index (χ4n) is 2.31. The summed E-state index contributed by atoms with van der Waals surface area (Å²) < 4.78 is 0. The number of nitrogens with zero attached hydrogens (tertiary/aromatic N) is 1. The zero-order valence-electron chi connectivity index (χ0n) is 10.4. The maximum absolute atomic E-state index is 10.1. The van der Waals surface area contributed by atoms with Crippen molar-refractivity contribution in [3.05, 3.63) is 29.6 Å². The molecule has 1 aromatic heterocycles. The number of rotatable bonds is 4. The molecule has 0 spiro atoms. The molecule has 1 N–H and O–H groups in total. The van der Waals surface area contributed by atoms with E-state index in [0.29, 0.717) is 17.8 Å². The summed E-state index contributed by atoms with van der Waals surface area (Å²) in [7, 11) is 0. The molecule has 1 aliphatic rings. The topological polar surface area (TPSA) is 33.1 Å². The van der Waals surface area contributed by atoms with Crippen LogP contribution in [0.2, 0.25) is 0 Å². The van der Waals surface area contributed by atoms with Gasteiger partial charge in [-0.1, -0.05) is 26.8 Å². The lowest BCUT2D eigenvalue weighted by Gasteiger charge is -2.12. The van der Waals surface area contributed by atoms with Gasteiger partial charge in [-0.15, -0.1) is 0 Å². The van der Waals surface area contributed by atoms with E-state index in [2.05, 4.69) is 31.8 Å². The maximum Gasteiger partial charge on any atom is 0.0629 e. The normalized spacial score (nSPS) is 24.1. The van der Waals surface area contributed by atoms with Crippen LogP contribution in [0.25, 0.3) is 0 Å². The third kappa shape index (κ3) is 2.43. The van der Waals surface area contributed by atoms with Gasteiger partial charge >= 0.3 is 0 Å². The van der Waals surface area contributed by atoms with Gasteiger partial charge in [-0.3, -0.25) is 4.98 Å². The van der Waals surface area contributed by atoms with E-state index in [1.54, 1.807) is 0 Å². The van der Waals surface area contributed by atoms with Crippen LogP contribution in [-0.2, 0) is 12.8 Å². The number of aliphatic hydroxyl groups excluding tert-OH is 1. The van der Waals surface area contributed by atoms with Crippen LogP contribution in [0.15, 0.2) is 18.3 Å². The summed E-state index contributed by atoms with van der Waals surface area (Å²) >= 11 is 0. The molecule has 2 atom stereocenters. The molecule has 2 nitrogen and oxygen atoms in total. The van der Waals surface area contributed by atoms with Gasteiger partial charge in [-0.2, -0.15) is 0 Å². The zero-order valence-corrected chi connectivity index (χ0v) is 10.4. The highest BCUT2D eigenvalue weighted by atomic mass is 16.3. The largest absolute Gasteiger partial charge is 0.392 e. The van der Waals surface area contributed by atoms with Crippen LogP contribution in [0.3, 0.4) is 0 Å². The van der Waals surface area contributed by atoms with Crippen molar-refractivity contribution >= 4 is 0 Å². The predicted octanol–water partition coefficient (Wildman–Crippen LogP) is 2.59. The van der Waals surface area contributed by atoms with E-state index in [0.717, 1.165) is 18.5 Å². The molecule has 1 aromatic rings. The van der Waals surface area contributed by atoms with Crippen molar-refractivity contribution in [2.24, 2.45) is 11.3 Å². The van der Waals surface area contributed by atoms with Gasteiger partial charge in [0.2, 0.25) is 0 Å². The minimum absolute atomic E-state index is 0.227. The second kappa shape index (κ2) is 4.17. The first-order valence-electron chi connectivity index (χ1n) is 6.15. The van der Waals surface area contributed by atoms with E-state index in [1.807, 2.05) is 12.3 Å². The fraction of sp³-hybridized carbons (Fsp3) is 0.643. The Balaban J connectivity index is 1.94. The molecule has 1 heterocycles. The Bertz CT molecular complexity index is 356. The summed E-state index contributed by atoms with van der Waals surface area (Å²) in [4.78, 5) is 4.39. The van der Waals surface area contributed by atoms with E-state index >= 15 is 0 Å². The SMILES string of the molecule is CCc1ccc(CC(O)C2CC2(C)C)nc1. The van der Waals surface area contributed by atoms with E-state index in [9.17, 15) is 5.11 Å². The summed E-state index contributed by atoms with van der Waals surface area (Å²) in [6.45, 7) is 6.56. The number of hydrogen-bond acceptors (Lipinski definition) is 2. The second-order valence-electron chi connectivity index (χ2n) is 5.58. The van der Waals surface area contributed by atoms with E-state index in [-0.39, 0.29) is 6.10 Å². The molecule has 16 heavy (non-hydrogen) atoms. The number of pyridine rings is 1. The van der Waals surface area contributed by atoms with Crippen LogP contribution in [0.1, 0.15) is 38.4 Å². The lowest BCUT2D eigenvalue weighted by atomic mass is 10.0. The van der Waals surface area contributed by atoms with E-state index < -0.39 is 0 Å². The number of aromatic nitrogens is 1.